The van der Waals surface area contributed by atoms with E-state index in [2.05, 4.69) is 15.5 Å². The second kappa shape index (κ2) is 6.89. The van der Waals surface area contributed by atoms with Crippen molar-refractivity contribution in [2.24, 2.45) is 0 Å². The predicted molar refractivity (Wildman–Crippen MR) is 94.9 cm³/mol. The highest BCUT2D eigenvalue weighted by molar-refractivity contribution is 6.00. The summed E-state index contributed by atoms with van der Waals surface area (Å²) in [5.41, 5.74) is 2.11. The van der Waals surface area contributed by atoms with Crippen molar-refractivity contribution in [3.63, 3.8) is 0 Å². The van der Waals surface area contributed by atoms with Crippen LogP contribution < -0.4 is 5.32 Å². The summed E-state index contributed by atoms with van der Waals surface area (Å²) in [4.78, 5) is 17.1. The smallest absolute Gasteiger partial charge is 0.259 e. The normalized spacial score (nSPS) is 14.6. The number of hydrogen-bond acceptors (Lipinski definition) is 4. The van der Waals surface area contributed by atoms with E-state index >= 15 is 0 Å². The molecular formula is C20H19N3O2. The number of carbonyl (C=O) groups is 1. The quantitative estimate of drug-likeness (QED) is 0.781. The van der Waals surface area contributed by atoms with Crippen LogP contribution in [0.1, 0.15) is 36.0 Å². The lowest BCUT2D eigenvalue weighted by atomic mass is 10.1. The summed E-state index contributed by atoms with van der Waals surface area (Å²) in [7, 11) is 0. The van der Waals surface area contributed by atoms with E-state index in [1.165, 1.54) is 12.8 Å². The Balaban J connectivity index is 1.63. The Morgan fingerprint density at radius 1 is 1.00 bits per heavy atom. The number of rotatable bonds is 4. The highest BCUT2D eigenvalue weighted by atomic mass is 16.5. The summed E-state index contributed by atoms with van der Waals surface area (Å²) in [6, 6.07) is 17.3. The first-order valence-electron chi connectivity index (χ1n) is 8.60. The molecule has 0 saturated heterocycles. The maximum atomic E-state index is 12.7. The first-order valence-corrected chi connectivity index (χ1v) is 8.60. The van der Waals surface area contributed by atoms with Crippen molar-refractivity contribution in [3.05, 3.63) is 60.2 Å². The van der Waals surface area contributed by atoms with Gasteiger partial charge in [0, 0.05) is 11.6 Å². The summed E-state index contributed by atoms with van der Waals surface area (Å²) >= 11 is 0. The molecule has 1 saturated carbocycles. The summed E-state index contributed by atoms with van der Waals surface area (Å²) in [5.74, 6) is 0.791. The van der Waals surface area contributed by atoms with Crippen LogP contribution in [0, 0.1) is 0 Å². The number of amides is 1. The van der Waals surface area contributed by atoms with Crippen LogP contribution in [0.5, 0.6) is 0 Å². The highest BCUT2D eigenvalue weighted by Gasteiger charge is 2.22. The molecule has 126 valence electrons. The Labute approximate surface area is 146 Å². The predicted octanol–water partition coefficient (Wildman–Crippen LogP) is 4.08. The number of nitrogens with zero attached hydrogens (tertiary/aromatic N) is 2. The zero-order valence-electron chi connectivity index (χ0n) is 13.8. The van der Waals surface area contributed by atoms with E-state index in [4.69, 9.17) is 4.52 Å². The Kier molecular flexibility index (Phi) is 4.29. The lowest BCUT2D eigenvalue weighted by Crippen LogP contribution is -2.32. The van der Waals surface area contributed by atoms with Crippen LogP contribution in [0.4, 0.5) is 0 Å². The first-order chi connectivity index (χ1) is 12.3. The lowest BCUT2D eigenvalue weighted by molar-refractivity contribution is 0.0938. The summed E-state index contributed by atoms with van der Waals surface area (Å²) in [6.45, 7) is 0. The van der Waals surface area contributed by atoms with E-state index in [9.17, 15) is 4.79 Å². The molecule has 1 heterocycles. The molecule has 0 atom stereocenters. The van der Waals surface area contributed by atoms with Gasteiger partial charge in [0.05, 0.1) is 11.1 Å². The van der Waals surface area contributed by atoms with Gasteiger partial charge >= 0.3 is 0 Å². The van der Waals surface area contributed by atoms with Crippen molar-refractivity contribution in [2.45, 2.75) is 31.7 Å². The van der Waals surface area contributed by atoms with Crippen molar-refractivity contribution in [2.75, 3.05) is 0 Å². The number of carbonyl (C=O) groups excluding carboxylic acids is 1. The molecule has 1 aliphatic rings. The Bertz CT molecular complexity index is 867. The van der Waals surface area contributed by atoms with Gasteiger partial charge in [-0.2, -0.15) is 4.98 Å². The fourth-order valence-electron chi connectivity index (χ4n) is 3.24. The lowest BCUT2D eigenvalue weighted by Gasteiger charge is -2.13. The topological polar surface area (TPSA) is 68.0 Å². The molecule has 1 amide bonds. The van der Waals surface area contributed by atoms with Crippen LogP contribution in [0.2, 0.25) is 0 Å². The minimum absolute atomic E-state index is 0.0815. The standard InChI is InChI=1S/C20H19N3O2/c24-19(21-15-10-4-5-11-15)16-12-6-7-13-17(16)20-22-18(23-25-20)14-8-2-1-3-9-14/h1-3,6-9,12-13,15H,4-5,10-11H2,(H,21,24). The van der Waals surface area contributed by atoms with E-state index in [1.54, 1.807) is 6.07 Å². The Morgan fingerprint density at radius 3 is 2.52 bits per heavy atom. The molecule has 1 fully saturated rings. The third-order valence-corrected chi connectivity index (χ3v) is 4.55. The van der Waals surface area contributed by atoms with Gasteiger partial charge in [-0.25, -0.2) is 0 Å². The molecule has 3 aromatic rings. The van der Waals surface area contributed by atoms with Crippen LogP contribution in [0.3, 0.4) is 0 Å². The van der Waals surface area contributed by atoms with E-state index in [0.717, 1.165) is 18.4 Å². The van der Waals surface area contributed by atoms with Gasteiger partial charge in [0.15, 0.2) is 0 Å². The zero-order chi connectivity index (χ0) is 17.1. The van der Waals surface area contributed by atoms with E-state index in [0.29, 0.717) is 22.8 Å². The van der Waals surface area contributed by atoms with Gasteiger partial charge in [-0.1, -0.05) is 60.5 Å². The van der Waals surface area contributed by atoms with Gasteiger partial charge in [-0.15, -0.1) is 0 Å². The minimum atomic E-state index is -0.0815. The summed E-state index contributed by atoms with van der Waals surface area (Å²) in [6.07, 6.45) is 4.45. The molecule has 25 heavy (non-hydrogen) atoms. The molecule has 2 aromatic carbocycles. The fourth-order valence-corrected chi connectivity index (χ4v) is 3.24. The minimum Gasteiger partial charge on any atom is -0.349 e. The van der Waals surface area contributed by atoms with Crippen LogP contribution in [0.15, 0.2) is 59.1 Å². The van der Waals surface area contributed by atoms with Crippen molar-refractivity contribution >= 4 is 5.91 Å². The zero-order valence-corrected chi connectivity index (χ0v) is 13.8. The summed E-state index contributed by atoms with van der Waals surface area (Å²) < 4.78 is 5.42. The third kappa shape index (κ3) is 3.31. The molecular weight excluding hydrogens is 314 g/mol. The molecule has 0 bridgehead atoms. The molecule has 0 radical (unpaired) electrons. The molecule has 1 aromatic heterocycles. The van der Waals surface area contributed by atoms with Crippen LogP contribution in [-0.2, 0) is 0 Å². The van der Waals surface area contributed by atoms with Gasteiger partial charge in [0.25, 0.3) is 11.8 Å². The Morgan fingerprint density at radius 2 is 1.72 bits per heavy atom. The molecule has 4 rings (SSSR count). The van der Waals surface area contributed by atoms with Gasteiger partial charge in [0.2, 0.25) is 5.82 Å². The molecule has 5 nitrogen and oxygen atoms in total. The average molecular weight is 333 g/mol. The van der Waals surface area contributed by atoms with Gasteiger partial charge in [-0.05, 0) is 25.0 Å². The van der Waals surface area contributed by atoms with E-state index in [1.807, 2.05) is 48.5 Å². The van der Waals surface area contributed by atoms with Gasteiger partial charge in [-0.3, -0.25) is 4.79 Å². The fraction of sp³-hybridized carbons (Fsp3) is 0.250. The average Bonchev–Trinajstić information content (AvgIpc) is 3.34. The van der Waals surface area contributed by atoms with Gasteiger partial charge in [0.1, 0.15) is 0 Å². The molecule has 0 aliphatic heterocycles. The van der Waals surface area contributed by atoms with E-state index < -0.39 is 0 Å². The van der Waals surface area contributed by atoms with Crippen molar-refractivity contribution in [1.29, 1.82) is 0 Å². The van der Waals surface area contributed by atoms with Crippen molar-refractivity contribution in [3.8, 4) is 22.8 Å². The maximum absolute atomic E-state index is 12.7. The van der Waals surface area contributed by atoms with Crippen LogP contribution in [-0.4, -0.2) is 22.1 Å². The third-order valence-electron chi connectivity index (χ3n) is 4.55. The van der Waals surface area contributed by atoms with Gasteiger partial charge < -0.3 is 9.84 Å². The molecule has 1 N–H and O–H groups in total. The number of nitrogens with one attached hydrogen (secondary N) is 1. The van der Waals surface area contributed by atoms with Crippen molar-refractivity contribution in [1.82, 2.24) is 15.5 Å². The monoisotopic (exact) mass is 333 g/mol. The maximum Gasteiger partial charge on any atom is 0.259 e. The number of benzene rings is 2. The number of hydrogen-bond donors (Lipinski definition) is 1. The van der Waals surface area contributed by atoms with Crippen LogP contribution in [0.25, 0.3) is 22.8 Å². The summed E-state index contributed by atoms with van der Waals surface area (Å²) in [5, 5.41) is 7.16. The molecule has 0 unspecified atom stereocenters. The second-order valence-electron chi connectivity index (χ2n) is 6.29. The molecule has 1 aliphatic carbocycles. The highest BCUT2D eigenvalue weighted by Crippen LogP contribution is 2.26. The van der Waals surface area contributed by atoms with E-state index in [-0.39, 0.29) is 11.9 Å². The Hall–Kier alpha value is -2.95. The second-order valence-corrected chi connectivity index (χ2v) is 6.29. The van der Waals surface area contributed by atoms with Crippen LogP contribution >= 0.6 is 0 Å². The largest absolute Gasteiger partial charge is 0.349 e. The first kappa shape index (κ1) is 15.6. The number of aromatic nitrogens is 2. The SMILES string of the molecule is O=C(NC1CCCC1)c1ccccc1-c1nc(-c2ccccc2)no1. The van der Waals surface area contributed by atoms with Crippen molar-refractivity contribution < 1.29 is 9.32 Å². The molecule has 0 spiro atoms. The molecule has 5 heteroatoms.